The summed E-state index contributed by atoms with van der Waals surface area (Å²) in [4.78, 5) is 135. The molecule has 0 radical (unpaired) electrons. The number of nitrogens with one attached hydrogen (secondary N) is 3. The molecule has 7 amide bonds. The first-order valence-corrected chi connectivity index (χ1v) is 26.7. The van der Waals surface area contributed by atoms with Crippen LogP contribution in [0.3, 0.4) is 0 Å². The molecule has 3 saturated heterocycles. The Bertz CT molecular complexity index is 2170. The highest BCUT2D eigenvalue weighted by Crippen LogP contribution is 2.27. The maximum Gasteiger partial charge on any atom is 0.329 e. The van der Waals surface area contributed by atoms with Crippen molar-refractivity contribution in [2.75, 3.05) is 34.3 Å². The lowest BCUT2D eigenvalue weighted by Crippen LogP contribution is -2.62. The first-order valence-electron chi connectivity index (χ1n) is 26.7. The average Bonchev–Trinajstić information content (AvgIpc) is 4.06. The molecule has 0 aromatic heterocycles. The summed E-state index contributed by atoms with van der Waals surface area (Å²) in [6, 6.07) is -2.54. The first kappa shape index (κ1) is 61.7. The zero-order valence-corrected chi connectivity index (χ0v) is 46.5. The standard InChI is InChI=1S/C54H86N8O13/c1-14-32(8)44-42(63)28-43(64)75-46(31(6)7)49(67)56-37(25-29(2)3)51(69)62-24-16-18-39(62)53(71)60(12)41(27-35-19-21-36(73-13)22-20-35)54(72)74-34(10)45(48(66)57-44)58-47(65)40(26-30(4)5)59(11)52(70)38-17-15-23-61(38)50(68)33(9)55/h19-22,29-34,37-42,44-46,63H,14-18,23-28,55H2,1-13H3,(H,56,67)(H,57,66)(H,58,65)/t32-,33?,34+,37-,38?,39-,40+,41-,42-,44+,45-,46-/m0/s1. The number of cyclic esters (lactones) is 2. The van der Waals surface area contributed by atoms with E-state index in [9.17, 15) is 48.3 Å². The highest BCUT2D eigenvalue weighted by Gasteiger charge is 2.45. The predicted molar refractivity (Wildman–Crippen MR) is 278 cm³/mol. The summed E-state index contributed by atoms with van der Waals surface area (Å²) in [6.07, 6.45) is -2.99. The minimum atomic E-state index is -1.71. The van der Waals surface area contributed by atoms with Gasteiger partial charge in [0.15, 0.2) is 6.10 Å². The molecule has 1 aromatic carbocycles. The number of methoxy groups -OCH3 is 1. The summed E-state index contributed by atoms with van der Waals surface area (Å²) < 4.78 is 17.3. The van der Waals surface area contributed by atoms with E-state index in [-0.39, 0.29) is 44.1 Å². The number of likely N-dealkylation sites (N-methyl/N-ethyl adjacent to an activating group) is 2. The number of amides is 7. The van der Waals surface area contributed by atoms with Crippen LogP contribution in [0.25, 0.3) is 0 Å². The smallest absolute Gasteiger partial charge is 0.329 e. The Balaban J connectivity index is 1.87. The van der Waals surface area contributed by atoms with E-state index >= 15 is 0 Å². The first-order chi connectivity index (χ1) is 35.2. The van der Waals surface area contributed by atoms with Crippen LogP contribution in [0, 0.1) is 23.7 Å². The monoisotopic (exact) mass is 1050 g/mol. The van der Waals surface area contributed by atoms with Gasteiger partial charge in [0, 0.05) is 33.6 Å². The Morgan fingerprint density at radius 1 is 0.893 bits per heavy atom. The second-order valence-corrected chi connectivity index (χ2v) is 21.9. The number of carbonyl (C=O) groups excluding carboxylic acids is 9. The van der Waals surface area contributed by atoms with Crippen molar-refractivity contribution >= 4 is 53.3 Å². The van der Waals surface area contributed by atoms with Crippen LogP contribution < -0.4 is 26.4 Å². The lowest BCUT2D eigenvalue weighted by molar-refractivity contribution is -0.162. The number of hydrogen-bond donors (Lipinski definition) is 5. The van der Waals surface area contributed by atoms with Gasteiger partial charge in [-0.05, 0) is 93.7 Å². The summed E-state index contributed by atoms with van der Waals surface area (Å²) >= 11 is 0. The third-order valence-corrected chi connectivity index (χ3v) is 14.7. The number of benzene rings is 1. The lowest BCUT2D eigenvalue weighted by Gasteiger charge is -2.36. The largest absolute Gasteiger partial charge is 0.497 e. The van der Waals surface area contributed by atoms with Gasteiger partial charge in [-0.1, -0.05) is 73.9 Å². The summed E-state index contributed by atoms with van der Waals surface area (Å²) in [5.41, 5.74) is 6.54. The maximum atomic E-state index is 14.9. The molecule has 2 unspecified atom stereocenters. The molecule has 3 fully saturated rings. The third-order valence-electron chi connectivity index (χ3n) is 14.7. The van der Waals surface area contributed by atoms with Crippen LogP contribution in [0.15, 0.2) is 24.3 Å². The van der Waals surface area contributed by atoms with E-state index < -0.39 is 138 Å². The molecule has 6 N–H and O–H groups in total. The number of aliphatic hydroxyl groups excluding tert-OH is 1. The summed E-state index contributed by atoms with van der Waals surface area (Å²) in [7, 11) is 4.38. The van der Waals surface area contributed by atoms with Crippen LogP contribution >= 0.6 is 0 Å². The fraction of sp³-hybridized carbons (Fsp3) is 0.722. The number of aliphatic hydroxyl groups is 1. The SMILES string of the molecule is CC[C@H](C)[C@H]1NC(=O)[C@@H](NC(=O)[C@@H](CC(C)C)N(C)C(=O)C2CCCN2C(=O)C(C)N)[C@@H](C)OC(=O)[C@H](Cc2ccc(OC)cc2)N(C)C(=O)[C@@H]2CCCN2C(=O)[C@H](CC(C)C)NC(=O)[C@H](C(C)C)OC(=O)C[C@@H]1O. The molecule has 75 heavy (non-hydrogen) atoms. The molecule has 21 heteroatoms. The van der Waals surface area contributed by atoms with Gasteiger partial charge in [0.1, 0.15) is 48.1 Å². The van der Waals surface area contributed by atoms with Gasteiger partial charge < -0.3 is 60.6 Å². The Morgan fingerprint density at radius 3 is 2.11 bits per heavy atom. The van der Waals surface area contributed by atoms with Crippen LogP contribution in [-0.2, 0) is 59.0 Å². The van der Waals surface area contributed by atoms with Crippen LogP contribution in [-0.4, -0.2) is 179 Å². The molecule has 0 bridgehead atoms. The zero-order valence-electron chi connectivity index (χ0n) is 46.5. The molecule has 0 aliphatic carbocycles. The van der Waals surface area contributed by atoms with Crippen molar-refractivity contribution in [3.8, 4) is 5.75 Å². The van der Waals surface area contributed by atoms with Gasteiger partial charge in [0.2, 0.25) is 35.4 Å². The summed E-state index contributed by atoms with van der Waals surface area (Å²) in [5.74, 6) is -7.22. The minimum Gasteiger partial charge on any atom is -0.497 e. The fourth-order valence-corrected chi connectivity index (χ4v) is 10.1. The molecule has 3 heterocycles. The number of nitrogens with zero attached hydrogens (tertiary/aromatic N) is 4. The maximum absolute atomic E-state index is 14.9. The van der Waals surface area contributed by atoms with E-state index in [0.29, 0.717) is 43.5 Å². The second kappa shape index (κ2) is 27.8. The van der Waals surface area contributed by atoms with Crippen LogP contribution in [0.1, 0.15) is 126 Å². The van der Waals surface area contributed by atoms with Crippen LogP contribution in [0.5, 0.6) is 5.75 Å². The highest BCUT2D eigenvalue weighted by atomic mass is 16.6. The van der Waals surface area contributed by atoms with Gasteiger partial charge in [0.05, 0.1) is 31.7 Å². The van der Waals surface area contributed by atoms with Crippen molar-refractivity contribution in [2.24, 2.45) is 29.4 Å². The summed E-state index contributed by atoms with van der Waals surface area (Å²) in [6.45, 7) is 17.7. The molecule has 0 saturated carbocycles. The second-order valence-electron chi connectivity index (χ2n) is 21.9. The predicted octanol–water partition coefficient (Wildman–Crippen LogP) is 2.08. The highest BCUT2D eigenvalue weighted by molar-refractivity contribution is 5.97. The topological polar surface area (TPSA) is 277 Å². The Morgan fingerprint density at radius 2 is 1.53 bits per heavy atom. The van der Waals surface area contributed by atoms with Crippen molar-refractivity contribution in [3.63, 3.8) is 0 Å². The molecule has 12 atom stereocenters. The fourth-order valence-electron chi connectivity index (χ4n) is 10.1. The number of hydrogen-bond acceptors (Lipinski definition) is 14. The molecule has 0 spiro atoms. The van der Waals surface area contributed by atoms with E-state index in [0.717, 1.165) is 0 Å². The van der Waals surface area contributed by atoms with Gasteiger partial charge in [-0.3, -0.25) is 38.4 Å². The van der Waals surface area contributed by atoms with E-state index in [1.54, 1.807) is 52.0 Å². The van der Waals surface area contributed by atoms with Crippen molar-refractivity contribution < 1.29 is 62.5 Å². The Kier molecular flexibility index (Phi) is 22.9. The minimum absolute atomic E-state index is 0.0897. The molecule has 3 aliphatic heterocycles. The lowest BCUT2D eigenvalue weighted by atomic mass is 9.92. The summed E-state index contributed by atoms with van der Waals surface area (Å²) in [5, 5.41) is 20.2. The van der Waals surface area contributed by atoms with E-state index in [2.05, 4.69) is 16.0 Å². The number of ether oxygens (including phenoxy) is 3. The van der Waals surface area contributed by atoms with E-state index in [4.69, 9.17) is 19.9 Å². The van der Waals surface area contributed by atoms with Gasteiger partial charge in [-0.15, -0.1) is 0 Å². The number of carbonyl (C=O) groups is 9. The van der Waals surface area contributed by atoms with Gasteiger partial charge in [-0.2, -0.15) is 0 Å². The van der Waals surface area contributed by atoms with E-state index in [1.165, 1.54) is 54.7 Å². The zero-order chi connectivity index (χ0) is 56.2. The van der Waals surface area contributed by atoms with Crippen LogP contribution in [0.4, 0.5) is 0 Å². The Labute approximate surface area is 443 Å². The molecule has 420 valence electrons. The van der Waals surface area contributed by atoms with Crippen molar-refractivity contribution in [1.82, 2.24) is 35.6 Å². The van der Waals surface area contributed by atoms with Gasteiger partial charge in [-0.25, -0.2) is 4.79 Å². The van der Waals surface area contributed by atoms with Crippen molar-refractivity contribution in [2.45, 2.75) is 194 Å². The molecule has 21 nitrogen and oxygen atoms in total. The molecular formula is C54H86N8O13. The van der Waals surface area contributed by atoms with Crippen molar-refractivity contribution in [3.05, 3.63) is 29.8 Å². The number of fused-ring (bicyclic) bond motifs is 1. The van der Waals surface area contributed by atoms with Crippen molar-refractivity contribution in [1.29, 1.82) is 0 Å². The third kappa shape index (κ3) is 16.1. The number of rotatable bonds is 15. The van der Waals surface area contributed by atoms with E-state index in [1.807, 2.05) is 27.7 Å². The quantitative estimate of drug-likeness (QED) is 0.158. The number of nitrogens with two attached hydrogens (primary N) is 1. The van der Waals surface area contributed by atoms with Crippen LogP contribution in [0.2, 0.25) is 0 Å². The normalized spacial score (nSPS) is 27.2. The molecule has 1 aromatic rings. The number of esters is 2. The average molecular weight is 1060 g/mol. The molecule has 3 aliphatic rings. The van der Waals surface area contributed by atoms with Gasteiger partial charge >= 0.3 is 11.9 Å². The Hall–Kier alpha value is -5.83. The number of likely N-dealkylation sites (tertiary alicyclic amines) is 1. The molecular weight excluding hydrogens is 969 g/mol. The van der Waals surface area contributed by atoms with Gasteiger partial charge in [0.25, 0.3) is 5.91 Å². The molecule has 4 rings (SSSR count).